The largest absolute Gasteiger partial charge is 0.355 e. The minimum Gasteiger partial charge on any atom is -0.355 e. The molecule has 3 aromatic rings. The van der Waals surface area contributed by atoms with E-state index in [9.17, 15) is 9.18 Å². The molecular weight excluding hydrogens is 341 g/mol. The maximum Gasteiger partial charge on any atom is 0.323 e. The zero-order valence-electron chi connectivity index (χ0n) is 13.1. The van der Waals surface area contributed by atoms with Crippen molar-refractivity contribution in [3.63, 3.8) is 0 Å². The number of para-hydroxylation sites is 1. The van der Waals surface area contributed by atoms with Gasteiger partial charge in [-0.1, -0.05) is 29.8 Å². The molecule has 2 amide bonds. The van der Waals surface area contributed by atoms with Crippen LogP contribution < -0.4 is 16.0 Å². The molecule has 3 N–H and O–H groups in total. The number of anilines is 4. The molecule has 0 spiro atoms. The Hall–Kier alpha value is -3.05. The third-order valence-electron chi connectivity index (χ3n) is 3.38. The summed E-state index contributed by atoms with van der Waals surface area (Å²) >= 11 is 5.76. The lowest BCUT2D eigenvalue weighted by Gasteiger charge is -2.10. The van der Waals surface area contributed by atoms with Gasteiger partial charge >= 0.3 is 6.03 Å². The van der Waals surface area contributed by atoms with Gasteiger partial charge in [0.05, 0.1) is 5.02 Å². The molecule has 0 aromatic heterocycles. The number of carbonyl (C=O) groups excluding carboxylic acids is 1. The van der Waals surface area contributed by atoms with Gasteiger partial charge in [-0.3, -0.25) is 0 Å². The van der Waals surface area contributed by atoms with E-state index in [0.29, 0.717) is 17.1 Å². The molecule has 6 heteroatoms. The summed E-state index contributed by atoms with van der Waals surface area (Å²) < 4.78 is 13.2. The number of halogens is 2. The standard InChI is InChI=1S/C19H15ClFN3O/c20-17-12-16(10-11-18(17)21)22-14-6-8-15(9-7-14)24-19(25)23-13-4-2-1-3-5-13/h1-12,22H,(H2,23,24,25). The Morgan fingerprint density at radius 3 is 1.96 bits per heavy atom. The number of amides is 2. The first kappa shape index (κ1) is 16.8. The van der Waals surface area contributed by atoms with E-state index in [2.05, 4.69) is 16.0 Å². The lowest BCUT2D eigenvalue weighted by atomic mass is 10.2. The highest BCUT2D eigenvalue weighted by Gasteiger charge is 2.04. The Bertz CT molecular complexity index is 870. The zero-order valence-corrected chi connectivity index (χ0v) is 13.8. The molecule has 0 saturated carbocycles. The maximum absolute atomic E-state index is 13.2. The van der Waals surface area contributed by atoms with Crippen molar-refractivity contribution >= 4 is 40.4 Å². The van der Waals surface area contributed by atoms with Gasteiger partial charge in [-0.05, 0) is 54.6 Å². The van der Waals surface area contributed by atoms with Crippen LogP contribution in [-0.4, -0.2) is 6.03 Å². The minimum atomic E-state index is -0.462. The molecule has 0 unspecified atom stereocenters. The van der Waals surface area contributed by atoms with Crippen molar-refractivity contribution in [1.29, 1.82) is 0 Å². The van der Waals surface area contributed by atoms with Crippen LogP contribution in [0.5, 0.6) is 0 Å². The monoisotopic (exact) mass is 355 g/mol. The van der Waals surface area contributed by atoms with E-state index >= 15 is 0 Å². The molecule has 0 atom stereocenters. The van der Waals surface area contributed by atoms with E-state index in [4.69, 9.17) is 11.6 Å². The lowest BCUT2D eigenvalue weighted by Crippen LogP contribution is -2.19. The zero-order chi connectivity index (χ0) is 17.6. The topological polar surface area (TPSA) is 53.2 Å². The Labute approximate surface area is 149 Å². The van der Waals surface area contributed by atoms with Crippen LogP contribution in [0.3, 0.4) is 0 Å². The van der Waals surface area contributed by atoms with Crippen molar-refractivity contribution < 1.29 is 9.18 Å². The van der Waals surface area contributed by atoms with E-state index < -0.39 is 5.82 Å². The third kappa shape index (κ3) is 4.71. The SMILES string of the molecule is O=C(Nc1ccccc1)Nc1ccc(Nc2ccc(F)c(Cl)c2)cc1. The van der Waals surface area contributed by atoms with Gasteiger partial charge in [-0.2, -0.15) is 0 Å². The van der Waals surface area contributed by atoms with Crippen LogP contribution >= 0.6 is 11.6 Å². The normalized spacial score (nSPS) is 10.2. The molecule has 4 nitrogen and oxygen atoms in total. The maximum atomic E-state index is 13.2. The summed E-state index contributed by atoms with van der Waals surface area (Å²) in [7, 11) is 0. The Morgan fingerprint density at radius 2 is 1.32 bits per heavy atom. The van der Waals surface area contributed by atoms with Gasteiger partial charge in [0.25, 0.3) is 0 Å². The van der Waals surface area contributed by atoms with Gasteiger partial charge in [0.1, 0.15) is 5.82 Å². The fraction of sp³-hybridized carbons (Fsp3) is 0. The Balaban J connectivity index is 1.60. The molecular formula is C19H15ClFN3O. The van der Waals surface area contributed by atoms with Crippen molar-refractivity contribution in [2.45, 2.75) is 0 Å². The number of hydrogen-bond donors (Lipinski definition) is 3. The van der Waals surface area contributed by atoms with Crippen LogP contribution in [0.4, 0.5) is 31.9 Å². The van der Waals surface area contributed by atoms with Crippen molar-refractivity contribution in [3.8, 4) is 0 Å². The second kappa shape index (κ2) is 7.68. The van der Waals surface area contributed by atoms with Crippen LogP contribution in [0.25, 0.3) is 0 Å². The first-order valence-electron chi connectivity index (χ1n) is 7.55. The molecule has 0 heterocycles. The van der Waals surface area contributed by atoms with Crippen molar-refractivity contribution in [2.24, 2.45) is 0 Å². The number of carbonyl (C=O) groups is 1. The summed E-state index contributed by atoms with van der Waals surface area (Å²) in [5.41, 5.74) is 2.83. The molecule has 0 aliphatic carbocycles. The second-order valence-electron chi connectivity index (χ2n) is 5.28. The van der Waals surface area contributed by atoms with Gasteiger partial charge in [-0.15, -0.1) is 0 Å². The van der Waals surface area contributed by atoms with E-state index in [1.54, 1.807) is 42.5 Å². The molecule has 3 aromatic carbocycles. The predicted octanol–water partition coefficient (Wildman–Crippen LogP) is 5.87. The fourth-order valence-electron chi connectivity index (χ4n) is 2.19. The van der Waals surface area contributed by atoms with Gasteiger partial charge in [0.2, 0.25) is 0 Å². The molecule has 0 bridgehead atoms. The first-order chi connectivity index (χ1) is 12.1. The van der Waals surface area contributed by atoms with Crippen LogP contribution in [0.1, 0.15) is 0 Å². The summed E-state index contributed by atoms with van der Waals surface area (Å²) in [5.74, 6) is -0.462. The average Bonchev–Trinajstić information content (AvgIpc) is 2.61. The van der Waals surface area contributed by atoms with Gasteiger partial charge < -0.3 is 16.0 Å². The average molecular weight is 356 g/mol. The van der Waals surface area contributed by atoms with Gasteiger partial charge in [0, 0.05) is 22.7 Å². The van der Waals surface area contributed by atoms with E-state index in [1.807, 2.05) is 18.2 Å². The van der Waals surface area contributed by atoms with E-state index in [-0.39, 0.29) is 11.1 Å². The van der Waals surface area contributed by atoms with Crippen molar-refractivity contribution in [2.75, 3.05) is 16.0 Å². The van der Waals surface area contributed by atoms with Crippen molar-refractivity contribution in [1.82, 2.24) is 0 Å². The number of nitrogens with one attached hydrogen (secondary N) is 3. The second-order valence-corrected chi connectivity index (χ2v) is 5.68. The number of rotatable bonds is 4. The number of benzene rings is 3. The fourth-order valence-corrected chi connectivity index (χ4v) is 2.37. The van der Waals surface area contributed by atoms with Gasteiger partial charge in [-0.25, -0.2) is 9.18 Å². The molecule has 0 radical (unpaired) electrons. The Morgan fingerprint density at radius 1 is 0.760 bits per heavy atom. The minimum absolute atomic E-state index is 0.0564. The van der Waals surface area contributed by atoms with Crippen LogP contribution in [0.15, 0.2) is 72.8 Å². The molecule has 0 saturated heterocycles. The summed E-state index contributed by atoms with van der Waals surface area (Å²) in [6.07, 6.45) is 0. The highest BCUT2D eigenvalue weighted by molar-refractivity contribution is 6.31. The third-order valence-corrected chi connectivity index (χ3v) is 3.67. The van der Waals surface area contributed by atoms with Crippen LogP contribution in [0, 0.1) is 5.82 Å². The van der Waals surface area contributed by atoms with Gasteiger partial charge in [0.15, 0.2) is 0 Å². The smallest absolute Gasteiger partial charge is 0.323 e. The summed E-state index contributed by atoms with van der Waals surface area (Å²) in [5, 5.41) is 8.66. The molecule has 0 fully saturated rings. The quantitative estimate of drug-likeness (QED) is 0.548. The predicted molar refractivity (Wildman–Crippen MR) is 100 cm³/mol. The molecule has 0 aliphatic heterocycles. The number of urea groups is 1. The van der Waals surface area contributed by atoms with E-state index in [0.717, 1.165) is 5.69 Å². The Kier molecular flexibility index (Phi) is 5.16. The highest BCUT2D eigenvalue weighted by atomic mass is 35.5. The summed E-state index contributed by atoms with van der Waals surface area (Å²) in [6.45, 7) is 0. The lowest BCUT2D eigenvalue weighted by molar-refractivity contribution is 0.262. The summed E-state index contributed by atoms with van der Waals surface area (Å²) in [6, 6.07) is 20.4. The molecule has 0 aliphatic rings. The van der Waals surface area contributed by atoms with E-state index in [1.165, 1.54) is 12.1 Å². The molecule has 25 heavy (non-hydrogen) atoms. The number of hydrogen-bond acceptors (Lipinski definition) is 2. The summed E-state index contributed by atoms with van der Waals surface area (Å²) in [4.78, 5) is 11.9. The van der Waals surface area contributed by atoms with Crippen LogP contribution in [-0.2, 0) is 0 Å². The van der Waals surface area contributed by atoms with Crippen LogP contribution in [0.2, 0.25) is 5.02 Å². The highest BCUT2D eigenvalue weighted by Crippen LogP contribution is 2.23. The molecule has 126 valence electrons. The first-order valence-corrected chi connectivity index (χ1v) is 7.93. The van der Waals surface area contributed by atoms with Crippen molar-refractivity contribution in [3.05, 3.63) is 83.6 Å². The molecule has 3 rings (SSSR count).